The summed E-state index contributed by atoms with van der Waals surface area (Å²) in [6.07, 6.45) is 3.94. The van der Waals surface area contributed by atoms with Gasteiger partial charge in [0, 0.05) is 18.7 Å². The van der Waals surface area contributed by atoms with E-state index in [1.54, 1.807) is 38.1 Å². The van der Waals surface area contributed by atoms with Crippen molar-refractivity contribution >= 4 is 17.8 Å². The van der Waals surface area contributed by atoms with E-state index in [0.717, 1.165) is 31.2 Å². The van der Waals surface area contributed by atoms with Gasteiger partial charge in [0.05, 0.1) is 13.2 Å². The van der Waals surface area contributed by atoms with Gasteiger partial charge in [0.15, 0.2) is 5.69 Å². The molecule has 9 heteroatoms. The number of carbonyl (C=O) groups is 3. The third-order valence-corrected chi connectivity index (χ3v) is 6.90. The zero-order chi connectivity index (χ0) is 24.5. The van der Waals surface area contributed by atoms with Crippen molar-refractivity contribution < 1.29 is 24.2 Å². The molecule has 182 valence electrons. The van der Waals surface area contributed by atoms with E-state index in [4.69, 9.17) is 4.74 Å². The zero-order valence-corrected chi connectivity index (χ0v) is 19.9. The lowest BCUT2D eigenvalue weighted by Crippen LogP contribution is -2.64. The lowest BCUT2D eigenvalue weighted by Gasteiger charge is -2.44. The number of benzene rings is 1. The number of hydrogen-bond acceptors (Lipinski definition) is 6. The van der Waals surface area contributed by atoms with Crippen LogP contribution in [0, 0.1) is 5.92 Å². The van der Waals surface area contributed by atoms with Gasteiger partial charge in [-0.25, -0.2) is 4.79 Å². The first kappa shape index (κ1) is 23.8. The minimum Gasteiger partial charge on any atom is -0.508 e. The van der Waals surface area contributed by atoms with Crippen molar-refractivity contribution in [2.75, 3.05) is 6.61 Å². The van der Waals surface area contributed by atoms with Gasteiger partial charge in [-0.1, -0.05) is 19.1 Å². The molecule has 2 amide bonds. The Kier molecular flexibility index (Phi) is 6.63. The SMILES string of the molecule is CCOC(=O)c1cc2n(n1)CC(C)(C(=O)NC1CCC(C)CC1)N(Cc1ccc(O)cc1)C2=O. The van der Waals surface area contributed by atoms with Gasteiger partial charge < -0.3 is 20.1 Å². The maximum Gasteiger partial charge on any atom is 0.358 e. The molecule has 2 aromatic rings. The van der Waals surface area contributed by atoms with Gasteiger partial charge in [-0.3, -0.25) is 14.3 Å². The number of amides is 2. The lowest BCUT2D eigenvalue weighted by molar-refractivity contribution is -0.134. The second-order valence-corrected chi connectivity index (χ2v) is 9.55. The lowest BCUT2D eigenvalue weighted by atomic mass is 9.86. The van der Waals surface area contributed by atoms with E-state index in [0.29, 0.717) is 5.92 Å². The highest BCUT2D eigenvalue weighted by Crippen LogP contribution is 2.31. The third kappa shape index (κ3) is 4.64. The first-order valence-corrected chi connectivity index (χ1v) is 11.9. The van der Waals surface area contributed by atoms with Crippen LogP contribution in [0.25, 0.3) is 0 Å². The van der Waals surface area contributed by atoms with Crippen LogP contribution in [0.2, 0.25) is 0 Å². The van der Waals surface area contributed by atoms with E-state index in [2.05, 4.69) is 17.3 Å². The van der Waals surface area contributed by atoms with E-state index < -0.39 is 17.4 Å². The normalized spacial score (nSPS) is 24.4. The van der Waals surface area contributed by atoms with Crippen LogP contribution >= 0.6 is 0 Å². The van der Waals surface area contributed by atoms with E-state index >= 15 is 0 Å². The van der Waals surface area contributed by atoms with Crippen molar-refractivity contribution in [1.29, 1.82) is 0 Å². The fraction of sp³-hybridized carbons (Fsp3) is 0.520. The molecule has 1 saturated carbocycles. The molecule has 34 heavy (non-hydrogen) atoms. The van der Waals surface area contributed by atoms with E-state index in [-0.39, 0.29) is 48.8 Å². The number of aromatic nitrogens is 2. The fourth-order valence-electron chi connectivity index (χ4n) is 4.72. The van der Waals surface area contributed by atoms with Crippen LogP contribution in [0.1, 0.15) is 73.0 Å². The van der Waals surface area contributed by atoms with Crippen LogP contribution < -0.4 is 5.32 Å². The molecule has 1 aromatic heterocycles. The number of carbonyl (C=O) groups excluding carboxylic acids is 3. The molecule has 0 bridgehead atoms. The highest BCUT2D eigenvalue weighted by molar-refractivity contribution is 6.01. The molecule has 0 spiro atoms. The predicted molar refractivity (Wildman–Crippen MR) is 124 cm³/mol. The van der Waals surface area contributed by atoms with Crippen molar-refractivity contribution in [3.63, 3.8) is 0 Å². The predicted octanol–water partition coefficient (Wildman–Crippen LogP) is 2.88. The van der Waals surface area contributed by atoms with Crippen LogP contribution in [0.5, 0.6) is 5.75 Å². The number of ether oxygens (including phenoxy) is 1. The minimum atomic E-state index is -1.22. The summed E-state index contributed by atoms with van der Waals surface area (Å²) >= 11 is 0. The van der Waals surface area contributed by atoms with Crippen molar-refractivity contribution in [3.05, 3.63) is 47.3 Å². The van der Waals surface area contributed by atoms with Crippen LogP contribution in [0.15, 0.2) is 30.3 Å². The molecule has 1 aliphatic carbocycles. The van der Waals surface area contributed by atoms with Crippen molar-refractivity contribution in [1.82, 2.24) is 20.0 Å². The molecule has 0 radical (unpaired) electrons. The average molecular weight is 469 g/mol. The molecule has 1 aliphatic heterocycles. The van der Waals surface area contributed by atoms with Crippen LogP contribution in [0.3, 0.4) is 0 Å². The Bertz CT molecular complexity index is 1070. The molecule has 2 heterocycles. The summed E-state index contributed by atoms with van der Waals surface area (Å²) in [6.45, 7) is 6.14. The van der Waals surface area contributed by atoms with Crippen molar-refractivity contribution in [2.45, 2.75) is 71.1 Å². The van der Waals surface area contributed by atoms with Gasteiger partial charge in [0.1, 0.15) is 17.0 Å². The summed E-state index contributed by atoms with van der Waals surface area (Å²) in [5.74, 6) is -0.461. The van der Waals surface area contributed by atoms with E-state index in [1.165, 1.54) is 15.6 Å². The summed E-state index contributed by atoms with van der Waals surface area (Å²) < 4.78 is 6.48. The topological polar surface area (TPSA) is 114 Å². The van der Waals surface area contributed by atoms with Crippen LogP contribution in [0.4, 0.5) is 0 Å². The summed E-state index contributed by atoms with van der Waals surface area (Å²) in [5, 5.41) is 17.1. The number of rotatable bonds is 6. The number of phenolic OH excluding ortho intramolecular Hbond substituents is 1. The Morgan fingerprint density at radius 1 is 1.21 bits per heavy atom. The second-order valence-electron chi connectivity index (χ2n) is 9.55. The second kappa shape index (κ2) is 9.48. The highest BCUT2D eigenvalue weighted by atomic mass is 16.5. The first-order chi connectivity index (χ1) is 16.2. The van der Waals surface area contributed by atoms with E-state index in [1.807, 2.05) is 0 Å². The van der Waals surface area contributed by atoms with Gasteiger partial charge in [0.25, 0.3) is 5.91 Å². The van der Waals surface area contributed by atoms with Gasteiger partial charge in [-0.2, -0.15) is 5.10 Å². The Hall–Kier alpha value is -3.36. The molecule has 9 nitrogen and oxygen atoms in total. The van der Waals surface area contributed by atoms with Crippen molar-refractivity contribution in [2.24, 2.45) is 5.92 Å². The molecule has 1 aromatic carbocycles. The van der Waals surface area contributed by atoms with Crippen LogP contribution in [-0.2, 0) is 22.6 Å². The van der Waals surface area contributed by atoms with Crippen molar-refractivity contribution in [3.8, 4) is 5.75 Å². The minimum absolute atomic E-state index is 0.0423. The maximum atomic E-state index is 13.6. The number of nitrogens with one attached hydrogen (secondary N) is 1. The highest BCUT2D eigenvalue weighted by Gasteiger charge is 2.48. The third-order valence-electron chi connectivity index (χ3n) is 6.90. The average Bonchev–Trinajstić information content (AvgIpc) is 3.23. The monoisotopic (exact) mass is 468 g/mol. The smallest absolute Gasteiger partial charge is 0.358 e. The molecule has 1 atom stereocenters. The zero-order valence-electron chi connectivity index (χ0n) is 19.9. The molecular weight excluding hydrogens is 436 g/mol. The summed E-state index contributed by atoms with van der Waals surface area (Å²) in [4.78, 5) is 41.0. The van der Waals surface area contributed by atoms with Gasteiger partial charge in [-0.15, -0.1) is 0 Å². The fourth-order valence-corrected chi connectivity index (χ4v) is 4.72. The number of nitrogens with zero attached hydrogens (tertiary/aromatic N) is 3. The number of hydrogen-bond donors (Lipinski definition) is 2. The Morgan fingerprint density at radius 3 is 2.53 bits per heavy atom. The molecule has 1 fully saturated rings. The number of fused-ring (bicyclic) bond motifs is 1. The molecule has 0 saturated heterocycles. The molecular formula is C25H32N4O5. The van der Waals surface area contributed by atoms with E-state index in [9.17, 15) is 19.5 Å². The number of aromatic hydroxyl groups is 1. The maximum absolute atomic E-state index is 13.6. The molecule has 1 unspecified atom stereocenters. The molecule has 4 rings (SSSR count). The van der Waals surface area contributed by atoms with Gasteiger partial charge in [-0.05, 0) is 63.1 Å². The number of phenols is 1. The molecule has 2 aliphatic rings. The Morgan fingerprint density at radius 2 is 1.88 bits per heavy atom. The molecule has 2 N–H and O–H groups in total. The Labute approximate surface area is 199 Å². The summed E-state index contributed by atoms with van der Waals surface area (Å²) in [6, 6.07) is 8.03. The summed E-state index contributed by atoms with van der Waals surface area (Å²) in [5.41, 5.74) is -0.169. The van der Waals surface area contributed by atoms with Gasteiger partial charge >= 0.3 is 5.97 Å². The van der Waals surface area contributed by atoms with Crippen LogP contribution in [-0.4, -0.2) is 55.8 Å². The number of esters is 1. The Balaban J connectivity index is 1.66. The summed E-state index contributed by atoms with van der Waals surface area (Å²) in [7, 11) is 0. The van der Waals surface area contributed by atoms with Gasteiger partial charge in [0.2, 0.25) is 5.91 Å². The largest absolute Gasteiger partial charge is 0.508 e. The standard InChI is InChI=1S/C25H32N4O5/c1-4-34-23(32)20-13-21-22(31)28(14-17-7-11-19(30)12-8-17)25(3,15-29(21)27-20)24(33)26-18-9-5-16(2)6-10-18/h7-8,11-13,16,18,30H,4-6,9-10,14-15H2,1-3H3,(H,26,33). The quantitative estimate of drug-likeness (QED) is 0.630. The first-order valence-electron chi connectivity index (χ1n) is 11.9.